The third-order valence-corrected chi connectivity index (χ3v) is 6.65. The molecule has 0 saturated carbocycles. The Hall–Kier alpha value is -4.00. The van der Waals surface area contributed by atoms with Gasteiger partial charge in [-0.1, -0.05) is 55.5 Å². The second kappa shape index (κ2) is 8.41. The lowest BCUT2D eigenvalue weighted by Gasteiger charge is -2.28. The molecule has 2 aliphatic carbocycles. The zero-order chi connectivity index (χ0) is 23.1. The van der Waals surface area contributed by atoms with E-state index in [1.807, 2.05) is 42.6 Å². The summed E-state index contributed by atoms with van der Waals surface area (Å²) in [5.41, 5.74) is 11.7. The molecule has 2 unspecified atom stereocenters. The summed E-state index contributed by atoms with van der Waals surface area (Å²) in [6.45, 7) is 2.19. The van der Waals surface area contributed by atoms with Crippen molar-refractivity contribution in [2.45, 2.75) is 32.6 Å². The number of hydrogen-bond acceptors (Lipinski definition) is 6. The van der Waals surface area contributed by atoms with E-state index in [9.17, 15) is 0 Å². The summed E-state index contributed by atoms with van der Waals surface area (Å²) < 4.78 is 0. The summed E-state index contributed by atoms with van der Waals surface area (Å²) in [4.78, 5) is 28.6. The predicted octanol–water partition coefficient (Wildman–Crippen LogP) is 4.46. The van der Waals surface area contributed by atoms with Gasteiger partial charge in [-0.05, 0) is 31.3 Å². The van der Waals surface area contributed by atoms with Crippen LogP contribution in [0.3, 0.4) is 0 Å². The Morgan fingerprint density at radius 1 is 1.09 bits per heavy atom. The second-order valence-corrected chi connectivity index (χ2v) is 8.98. The number of rotatable bonds is 3. The second-order valence-electron chi connectivity index (χ2n) is 8.98. The molecule has 0 saturated heterocycles. The molecule has 34 heavy (non-hydrogen) atoms. The molecule has 1 aromatic heterocycles. The predicted molar refractivity (Wildman–Crippen MR) is 136 cm³/mol. The van der Waals surface area contributed by atoms with Gasteiger partial charge in [0, 0.05) is 29.8 Å². The van der Waals surface area contributed by atoms with Crippen LogP contribution in [0.5, 0.6) is 0 Å². The minimum Gasteiger partial charge on any atom is -0.382 e. The van der Waals surface area contributed by atoms with E-state index in [0.717, 1.165) is 59.6 Å². The third kappa shape index (κ3) is 3.63. The van der Waals surface area contributed by atoms with Crippen molar-refractivity contribution in [3.05, 3.63) is 88.8 Å². The maximum Gasteiger partial charge on any atom is 0.165 e. The van der Waals surface area contributed by atoms with Crippen LogP contribution in [0, 0.1) is 11.8 Å². The molecule has 1 aromatic carbocycles. The molecule has 0 radical (unpaired) electrons. The minimum atomic E-state index is 0.162. The van der Waals surface area contributed by atoms with Crippen LogP contribution in [-0.4, -0.2) is 33.7 Å². The first-order valence-corrected chi connectivity index (χ1v) is 11.8. The zero-order valence-electron chi connectivity index (χ0n) is 19.0. The molecule has 6 rings (SSSR count). The Kier molecular flexibility index (Phi) is 5.09. The van der Waals surface area contributed by atoms with Crippen LogP contribution < -0.4 is 5.73 Å². The molecule has 0 bridgehead atoms. The molecule has 2 atom stereocenters. The molecule has 2 N–H and O–H groups in total. The van der Waals surface area contributed by atoms with Gasteiger partial charge in [-0.3, -0.25) is 0 Å². The molecular formula is C27H25N7. The SMILES string of the molecule is CC1CCC2C=NC(c3ccccc3)=NC2=C1N=C1N=C(N)c2nc(C3=CC=CCC3)ncc21. The third-order valence-electron chi connectivity index (χ3n) is 6.65. The number of nitrogens with two attached hydrogens (primary N) is 1. The molecule has 0 amide bonds. The zero-order valence-corrected chi connectivity index (χ0v) is 19.0. The Labute approximate surface area is 198 Å². The Bertz CT molecular complexity index is 1370. The van der Waals surface area contributed by atoms with Crippen LogP contribution in [-0.2, 0) is 0 Å². The summed E-state index contributed by atoms with van der Waals surface area (Å²) in [7, 11) is 0. The summed E-state index contributed by atoms with van der Waals surface area (Å²) in [5, 5.41) is 0. The fourth-order valence-electron chi connectivity index (χ4n) is 4.74. The van der Waals surface area contributed by atoms with E-state index < -0.39 is 0 Å². The van der Waals surface area contributed by atoms with Gasteiger partial charge in [0.2, 0.25) is 0 Å². The highest BCUT2D eigenvalue weighted by Crippen LogP contribution is 2.37. The smallest absolute Gasteiger partial charge is 0.165 e. The quantitative estimate of drug-likeness (QED) is 0.751. The Morgan fingerprint density at radius 3 is 2.79 bits per heavy atom. The van der Waals surface area contributed by atoms with Crippen LogP contribution >= 0.6 is 0 Å². The number of amidine groups is 3. The molecule has 7 heteroatoms. The average Bonchev–Trinajstić information content (AvgIpc) is 3.21. The monoisotopic (exact) mass is 447 g/mol. The van der Waals surface area contributed by atoms with Gasteiger partial charge in [0.25, 0.3) is 0 Å². The highest BCUT2D eigenvalue weighted by Gasteiger charge is 2.31. The van der Waals surface area contributed by atoms with Crippen molar-refractivity contribution in [3.8, 4) is 0 Å². The van der Waals surface area contributed by atoms with Gasteiger partial charge in [-0.2, -0.15) is 0 Å². The van der Waals surface area contributed by atoms with Gasteiger partial charge in [-0.15, -0.1) is 0 Å². The number of nitrogens with zero attached hydrogens (tertiary/aromatic N) is 6. The average molecular weight is 448 g/mol. The molecule has 7 nitrogen and oxygen atoms in total. The van der Waals surface area contributed by atoms with Crippen molar-refractivity contribution in [1.29, 1.82) is 0 Å². The van der Waals surface area contributed by atoms with Gasteiger partial charge in [0.15, 0.2) is 23.3 Å². The first-order valence-electron chi connectivity index (χ1n) is 11.8. The maximum absolute atomic E-state index is 6.29. The molecule has 0 spiro atoms. The molecule has 2 aliphatic heterocycles. The highest BCUT2D eigenvalue weighted by molar-refractivity contribution is 6.21. The Morgan fingerprint density at radius 2 is 1.97 bits per heavy atom. The van der Waals surface area contributed by atoms with Crippen LogP contribution in [0.15, 0.2) is 86.1 Å². The first-order chi connectivity index (χ1) is 16.7. The van der Waals surface area contributed by atoms with Gasteiger partial charge >= 0.3 is 0 Å². The van der Waals surface area contributed by atoms with Crippen molar-refractivity contribution >= 4 is 29.3 Å². The fraction of sp³-hybridized carbons (Fsp3) is 0.259. The highest BCUT2D eigenvalue weighted by atomic mass is 15.1. The van der Waals surface area contributed by atoms with Crippen molar-refractivity contribution in [3.63, 3.8) is 0 Å². The van der Waals surface area contributed by atoms with Crippen molar-refractivity contribution < 1.29 is 0 Å². The van der Waals surface area contributed by atoms with Gasteiger partial charge in [0.1, 0.15) is 5.69 Å². The number of hydrogen-bond donors (Lipinski definition) is 1. The Balaban J connectivity index is 1.42. The number of benzene rings is 1. The lowest BCUT2D eigenvalue weighted by molar-refractivity contribution is 0.491. The van der Waals surface area contributed by atoms with Crippen LogP contribution in [0.1, 0.15) is 55.3 Å². The van der Waals surface area contributed by atoms with Gasteiger partial charge < -0.3 is 5.73 Å². The van der Waals surface area contributed by atoms with Crippen molar-refractivity contribution in [2.75, 3.05) is 0 Å². The van der Waals surface area contributed by atoms with E-state index in [0.29, 0.717) is 23.2 Å². The van der Waals surface area contributed by atoms with Crippen LogP contribution in [0.4, 0.5) is 0 Å². The largest absolute Gasteiger partial charge is 0.382 e. The lowest BCUT2D eigenvalue weighted by atomic mass is 9.84. The van der Waals surface area contributed by atoms with E-state index in [4.69, 9.17) is 20.7 Å². The van der Waals surface area contributed by atoms with E-state index >= 15 is 0 Å². The number of aliphatic imine (C=N–C) groups is 4. The van der Waals surface area contributed by atoms with Crippen molar-refractivity contribution in [2.24, 2.45) is 37.5 Å². The summed E-state index contributed by atoms with van der Waals surface area (Å²) in [6, 6.07) is 10.0. The van der Waals surface area contributed by atoms with E-state index in [-0.39, 0.29) is 11.8 Å². The fourth-order valence-corrected chi connectivity index (χ4v) is 4.74. The number of allylic oxidation sites excluding steroid dienone is 6. The lowest BCUT2D eigenvalue weighted by Crippen LogP contribution is -2.22. The van der Waals surface area contributed by atoms with Gasteiger partial charge in [0.05, 0.1) is 17.0 Å². The minimum absolute atomic E-state index is 0.162. The van der Waals surface area contributed by atoms with Gasteiger partial charge in [-0.25, -0.2) is 29.9 Å². The molecule has 2 aromatic rings. The maximum atomic E-state index is 6.29. The van der Waals surface area contributed by atoms with Crippen molar-refractivity contribution in [1.82, 2.24) is 9.97 Å². The van der Waals surface area contributed by atoms with E-state index in [1.165, 1.54) is 0 Å². The van der Waals surface area contributed by atoms with Crippen LogP contribution in [0.2, 0.25) is 0 Å². The molecular weight excluding hydrogens is 422 g/mol. The van der Waals surface area contributed by atoms with E-state index in [1.54, 1.807) is 6.20 Å². The molecule has 4 aliphatic rings. The topological polar surface area (TPSA) is 101 Å². The normalized spacial score (nSPS) is 24.5. The summed E-state index contributed by atoms with van der Waals surface area (Å²) >= 11 is 0. The van der Waals surface area contributed by atoms with E-state index in [2.05, 4.69) is 34.0 Å². The standard InChI is InChI=1S/C27H25N7/c1-16-12-13-19-14-29-25(17-8-4-2-5-9-17)32-22(19)21(16)31-27-20-15-30-26(18-10-6-3-7-11-18)33-23(20)24(28)34-27/h2-6,8-10,14-16,19H,7,11-13H2,1H3,(H2,28,31,34). The molecule has 3 heterocycles. The first kappa shape index (κ1) is 20.6. The summed E-state index contributed by atoms with van der Waals surface area (Å²) in [5.74, 6) is 2.78. The molecule has 168 valence electrons. The van der Waals surface area contributed by atoms with Crippen LogP contribution in [0.25, 0.3) is 5.57 Å². The number of aromatic nitrogens is 2. The number of fused-ring (bicyclic) bond motifs is 2. The molecule has 0 fully saturated rings. The summed E-state index contributed by atoms with van der Waals surface area (Å²) in [6.07, 6.45) is 14.0.